The number of nitrogens with zero attached hydrogens (tertiary/aromatic N) is 2. The van der Waals surface area contributed by atoms with Crippen molar-refractivity contribution in [3.05, 3.63) is 17.2 Å². The molecule has 74 valence electrons. The molecule has 1 rings (SSSR count). The Bertz CT molecular complexity index is 205. The minimum absolute atomic E-state index is 0.0482. The molecule has 1 fully saturated rings. The van der Waals surface area contributed by atoms with Crippen molar-refractivity contribution >= 4 is 0 Å². The molecular formula is C10H18N2O. The fourth-order valence-electron chi connectivity index (χ4n) is 1.76. The highest BCUT2D eigenvalue weighted by atomic mass is 16.3. The van der Waals surface area contributed by atoms with Crippen molar-refractivity contribution in [2.45, 2.75) is 26.7 Å². The largest absolute Gasteiger partial charge is 0.304 e. The molecule has 0 N–H and O–H groups in total. The van der Waals surface area contributed by atoms with Gasteiger partial charge in [-0.05, 0) is 37.7 Å². The van der Waals surface area contributed by atoms with Crippen molar-refractivity contribution in [3.8, 4) is 0 Å². The van der Waals surface area contributed by atoms with Gasteiger partial charge in [-0.15, -0.1) is 4.91 Å². The van der Waals surface area contributed by atoms with Crippen molar-refractivity contribution in [2.24, 2.45) is 10.6 Å². The van der Waals surface area contributed by atoms with E-state index in [9.17, 15) is 4.91 Å². The molecule has 0 unspecified atom stereocenters. The molecule has 0 aliphatic carbocycles. The first-order chi connectivity index (χ1) is 6.12. The van der Waals surface area contributed by atoms with E-state index in [1.807, 2.05) is 0 Å². The third-order valence-electron chi connectivity index (χ3n) is 3.21. The molecule has 0 aromatic carbocycles. The maximum Gasteiger partial charge on any atom is 0.0837 e. The van der Waals surface area contributed by atoms with E-state index in [4.69, 9.17) is 0 Å². The average Bonchev–Trinajstić information content (AvgIpc) is 2.18. The summed E-state index contributed by atoms with van der Waals surface area (Å²) < 4.78 is 0. The fraction of sp³-hybridized carbons (Fsp3) is 0.800. The van der Waals surface area contributed by atoms with E-state index in [1.165, 1.54) is 0 Å². The van der Waals surface area contributed by atoms with Crippen LogP contribution in [-0.4, -0.2) is 24.5 Å². The number of hydrogen-bond acceptors (Lipinski definition) is 3. The molecule has 0 radical (unpaired) electrons. The zero-order valence-electron chi connectivity index (χ0n) is 8.55. The first kappa shape index (κ1) is 10.4. The second-order valence-corrected chi connectivity index (χ2v) is 4.03. The standard InChI is InChI=1S/C10H18N2O/c1-4-12-7-5-10(3,6-8-12)9(2)11-13/h2,4-8H2,1,3H3. The zero-order valence-corrected chi connectivity index (χ0v) is 8.55. The molecule has 1 heterocycles. The van der Waals surface area contributed by atoms with Gasteiger partial charge >= 0.3 is 0 Å². The molecule has 0 saturated carbocycles. The lowest BCUT2D eigenvalue weighted by Gasteiger charge is -2.38. The molecule has 0 spiro atoms. The van der Waals surface area contributed by atoms with Crippen molar-refractivity contribution in [3.63, 3.8) is 0 Å². The second kappa shape index (κ2) is 4.01. The smallest absolute Gasteiger partial charge is 0.0837 e. The lowest BCUT2D eigenvalue weighted by molar-refractivity contribution is 0.149. The molecule has 1 saturated heterocycles. The molecule has 3 heteroatoms. The Morgan fingerprint density at radius 2 is 2.08 bits per heavy atom. The second-order valence-electron chi connectivity index (χ2n) is 4.03. The van der Waals surface area contributed by atoms with Crippen molar-refractivity contribution in [1.29, 1.82) is 0 Å². The van der Waals surface area contributed by atoms with E-state index in [-0.39, 0.29) is 5.41 Å². The molecule has 0 bridgehead atoms. The molecule has 0 atom stereocenters. The number of nitroso groups, excluding NO2 is 1. The van der Waals surface area contributed by atoms with E-state index in [2.05, 4.69) is 30.5 Å². The van der Waals surface area contributed by atoms with E-state index < -0.39 is 0 Å². The summed E-state index contributed by atoms with van der Waals surface area (Å²) in [5, 5.41) is 2.97. The molecule has 0 amide bonds. The Labute approximate surface area is 79.8 Å². The molecule has 0 aromatic rings. The van der Waals surface area contributed by atoms with Crippen LogP contribution < -0.4 is 0 Å². The minimum atomic E-state index is -0.0482. The van der Waals surface area contributed by atoms with Crippen LogP contribution in [0.5, 0.6) is 0 Å². The fourth-order valence-corrected chi connectivity index (χ4v) is 1.76. The van der Waals surface area contributed by atoms with Gasteiger partial charge < -0.3 is 4.90 Å². The van der Waals surface area contributed by atoms with E-state index in [0.29, 0.717) is 5.70 Å². The highest BCUT2D eigenvalue weighted by molar-refractivity contribution is 5.08. The van der Waals surface area contributed by atoms with Crippen molar-refractivity contribution < 1.29 is 0 Å². The number of rotatable bonds is 3. The monoisotopic (exact) mass is 182 g/mol. The summed E-state index contributed by atoms with van der Waals surface area (Å²) in [6, 6.07) is 0. The first-order valence-electron chi connectivity index (χ1n) is 4.87. The summed E-state index contributed by atoms with van der Waals surface area (Å²) in [6.07, 6.45) is 2.01. The number of allylic oxidation sites excluding steroid dienone is 1. The summed E-state index contributed by atoms with van der Waals surface area (Å²) in [5.74, 6) is 0. The van der Waals surface area contributed by atoms with Gasteiger partial charge in [-0.3, -0.25) is 0 Å². The third-order valence-corrected chi connectivity index (χ3v) is 3.21. The van der Waals surface area contributed by atoms with Gasteiger partial charge in [-0.25, -0.2) is 0 Å². The highest BCUT2D eigenvalue weighted by Gasteiger charge is 2.32. The Morgan fingerprint density at radius 1 is 1.54 bits per heavy atom. The van der Waals surface area contributed by atoms with Crippen LogP contribution in [0.4, 0.5) is 0 Å². The normalized spacial score (nSPS) is 22.6. The van der Waals surface area contributed by atoms with Crippen molar-refractivity contribution in [2.75, 3.05) is 19.6 Å². The Kier molecular flexibility index (Phi) is 3.20. The third kappa shape index (κ3) is 2.15. The summed E-state index contributed by atoms with van der Waals surface area (Å²) >= 11 is 0. The van der Waals surface area contributed by atoms with E-state index >= 15 is 0 Å². The molecule has 0 aromatic heterocycles. The lowest BCUT2D eigenvalue weighted by atomic mass is 9.78. The molecule has 1 aliphatic heterocycles. The molecule has 13 heavy (non-hydrogen) atoms. The summed E-state index contributed by atoms with van der Waals surface area (Å²) in [5.41, 5.74) is 0.469. The van der Waals surface area contributed by atoms with E-state index in [1.54, 1.807) is 0 Å². The predicted octanol–water partition coefficient (Wildman–Crippen LogP) is 2.39. The van der Waals surface area contributed by atoms with Gasteiger partial charge in [0, 0.05) is 5.41 Å². The number of likely N-dealkylation sites (tertiary alicyclic amines) is 1. The van der Waals surface area contributed by atoms with Crippen LogP contribution in [0, 0.1) is 10.3 Å². The van der Waals surface area contributed by atoms with Gasteiger partial charge in [0.15, 0.2) is 0 Å². The Morgan fingerprint density at radius 3 is 2.46 bits per heavy atom. The van der Waals surface area contributed by atoms with Crippen LogP contribution in [0.2, 0.25) is 0 Å². The quantitative estimate of drug-likeness (QED) is 0.628. The van der Waals surface area contributed by atoms with Gasteiger partial charge in [0.05, 0.1) is 5.70 Å². The summed E-state index contributed by atoms with van der Waals surface area (Å²) in [6.45, 7) is 11.2. The maximum atomic E-state index is 10.4. The SMILES string of the molecule is C=C(N=O)C1(C)CCN(CC)CC1. The van der Waals surface area contributed by atoms with Gasteiger partial charge in [-0.1, -0.05) is 20.4 Å². The lowest BCUT2D eigenvalue weighted by Crippen LogP contribution is -2.38. The van der Waals surface area contributed by atoms with Gasteiger partial charge in [0.1, 0.15) is 0 Å². The van der Waals surface area contributed by atoms with Crippen LogP contribution in [-0.2, 0) is 0 Å². The van der Waals surface area contributed by atoms with Crippen LogP contribution in [0.25, 0.3) is 0 Å². The van der Waals surface area contributed by atoms with Crippen LogP contribution >= 0.6 is 0 Å². The minimum Gasteiger partial charge on any atom is -0.304 e. The van der Waals surface area contributed by atoms with Gasteiger partial charge in [0.25, 0.3) is 0 Å². The van der Waals surface area contributed by atoms with Gasteiger partial charge in [-0.2, -0.15) is 0 Å². The Hall–Kier alpha value is -0.700. The average molecular weight is 182 g/mol. The van der Waals surface area contributed by atoms with Crippen LogP contribution in [0.15, 0.2) is 17.5 Å². The van der Waals surface area contributed by atoms with Crippen LogP contribution in [0.3, 0.4) is 0 Å². The van der Waals surface area contributed by atoms with E-state index in [0.717, 1.165) is 32.5 Å². The van der Waals surface area contributed by atoms with Gasteiger partial charge in [0.2, 0.25) is 0 Å². The Balaban J connectivity index is 2.56. The first-order valence-corrected chi connectivity index (χ1v) is 4.87. The molecular weight excluding hydrogens is 164 g/mol. The molecule has 1 aliphatic rings. The topological polar surface area (TPSA) is 32.7 Å². The number of piperidine rings is 1. The maximum absolute atomic E-state index is 10.4. The summed E-state index contributed by atoms with van der Waals surface area (Å²) in [4.78, 5) is 12.8. The van der Waals surface area contributed by atoms with Crippen LogP contribution in [0.1, 0.15) is 26.7 Å². The summed E-state index contributed by atoms with van der Waals surface area (Å²) in [7, 11) is 0. The highest BCUT2D eigenvalue weighted by Crippen LogP contribution is 2.37. The molecule has 3 nitrogen and oxygen atoms in total. The zero-order chi connectivity index (χ0) is 9.90. The number of hydrogen-bond donors (Lipinski definition) is 0. The van der Waals surface area contributed by atoms with Crippen molar-refractivity contribution in [1.82, 2.24) is 4.90 Å². The predicted molar refractivity (Wildman–Crippen MR) is 54.4 cm³/mol.